The van der Waals surface area contributed by atoms with Crippen LogP contribution in [0.1, 0.15) is 11.1 Å². The Kier molecular flexibility index (Phi) is 4.66. The number of pyridine rings is 1. The van der Waals surface area contributed by atoms with Gasteiger partial charge in [-0.25, -0.2) is 4.98 Å². The van der Waals surface area contributed by atoms with Crippen LogP contribution in [0.2, 0.25) is 0 Å². The largest absolute Gasteiger partial charge is 0.430 e. The van der Waals surface area contributed by atoms with Gasteiger partial charge in [0.25, 0.3) is 0 Å². The van der Waals surface area contributed by atoms with Crippen molar-refractivity contribution in [1.29, 1.82) is 5.26 Å². The number of aliphatic hydroxyl groups is 1. The average Bonchev–Trinajstić information content (AvgIpc) is 2.49. The van der Waals surface area contributed by atoms with Gasteiger partial charge in [0.2, 0.25) is 11.6 Å². The van der Waals surface area contributed by atoms with Crippen molar-refractivity contribution in [2.45, 2.75) is 6.61 Å². The molecule has 0 spiro atoms. The van der Waals surface area contributed by atoms with Gasteiger partial charge in [0.1, 0.15) is 0 Å². The Morgan fingerprint density at radius 1 is 1.52 bits per heavy atom. The summed E-state index contributed by atoms with van der Waals surface area (Å²) in [6, 6.07) is 7.69. The van der Waals surface area contributed by atoms with E-state index < -0.39 is 4.92 Å². The Morgan fingerprint density at radius 3 is 2.90 bits per heavy atom. The van der Waals surface area contributed by atoms with E-state index in [2.05, 4.69) is 4.98 Å². The quantitative estimate of drug-likeness (QED) is 0.483. The first-order valence-electron chi connectivity index (χ1n) is 5.67. The molecule has 106 valence electrons. The number of aliphatic hydroxyl groups excluding tert-OH is 1. The van der Waals surface area contributed by atoms with E-state index >= 15 is 0 Å². The molecule has 1 heterocycles. The predicted molar refractivity (Wildman–Crippen MR) is 80.8 cm³/mol. The maximum atomic E-state index is 11.1. The smallest absolute Gasteiger partial charge is 0.314 e. The van der Waals surface area contributed by atoms with Crippen LogP contribution >= 0.6 is 22.6 Å². The molecule has 8 heteroatoms. The number of rotatable bonds is 4. The standard InChI is InChI=1S/C13H8IN3O4/c14-10-4-8(6-15)5-11(17(19)20)12(10)21-13-9(7-18)2-1-3-16-13/h1-5,18H,7H2. The number of nitriles is 1. The van der Waals surface area contributed by atoms with Gasteiger partial charge < -0.3 is 9.84 Å². The van der Waals surface area contributed by atoms with E-state index in [0.29, 0.717) is 9.13 Å². The lowest BCUT2D eigenvalue weighted by Gasteiger charge is -2.10. The second-order valence-corrected chi connectivity index (χ2v) is 5.07. The molecule has 21 heavy (non-hydrogen) atoms. The van der Waals surface area contributed by atoms with E-state index in [1.807, 2.05) is 28.7 Å². The van der Waals surface area contributed by atoms with Crippen molar-refractivity contribution in [2.24, 2.45) is 0 Å². The maximum Gasteiger partial charge on any atom is 0.314 e. The summed E-state index contributed by atoms with van der Waals surface area (Å²) in [5.74, 6) is 0.0822. The van der Waals surface area contributed by atoms with Gasteiger partial charge in [-0.1, -0.05) is 0 Å². The fourth-order valence-electron chi connectivity index (χ4n) is 1.61. The van der Waals surface area contributed by atoms with Crippen molar-refractivity contribution in [1.82, 2.24) is 4.98 Å². The highest BCUT2D eigenvalue weighted by Gasteiger charge is 2.22. The maximum absolute atomic E-state index is 11.1. The van der Waals surface area contributed by atoms with Crippen LogP contribution in [-0.2, 0) is 6.61 Å². The SMILES string of the molecule is N#Cc1cc(I)c(Oc2ncccc2CO)c([N+](=O)[O-])c1. The zero-order valence-corrected chi connectivity index (χ0v) is 12.6. The van der Waals surface area contributed by atoms with Crippen molar-refractivity contribution in [2.75, 3.05) is 0 Å². The molecule has 0 saturated carbocycles. The summed E-state index contributed by atoms with van der Waals surface area (Å²) < 4.78 is 5.90. The van der Waals surface area contributed by atoms with Crippen LogP contribution in [0.5, 0.6) is 11.6 Å². The molecule has 1 aromatic carbocycles. The molecule has 0 unspecified atom stereocenters. The fraction of sp³-hybridized carbons (Fsp3) is 0.0769. The van der Waals surface area contributed by atoms with Crippen LogP contribution in [0.4, 0.5) is 5.69 Å². The summed E-state index contributed by atoms with van der Waals surface area (Å²) in [7, 11) is 0. The number of nitro benzene ring substituents is 1. The van der Waals surface area contributed by atoms with Gasteiger partial charge in [0, 0.05) is 17.8 Å². The van der Waals surface area contributed by atoms with Gasteiger partial charge >= 0.3 is 5.69 Å². The molecule has 0 aliphatic heterocycles. The topological polar surface area (TPSA) is 109 Å². The lowest BCUT2D eigenvalue weighted by Crippen LogP contribution is -2.00. The van der Waals surface area contributed by atoms with Gasteiger partial charge in [0.05, 0.1) is 26.7 Å². The highest BCUT2D eigenvalue weighted by Crippen LogP contribution is 2.37. The minimum atomic E-state index is -0.625. The third-order valence-corrected chi connectivity index (χ3v) is 3.37. The normalized spacial score (nSPS) is 9.95. The number of hydrogen-bond donors (Lipinski definition) is 1. The van der Waals surface area contributed by atoms with E-state index in [1.54, 1.807) is 12.1 Å². The van der Waals surface area contributed by atoms with Crippen LogP contribution in [-0.4, -0.2) is 15.0 Å². The Hall–Kier alpha value is -2.25. The molecule has 0 fully saturated rings. The zero-order chi connectivity index (χ0) is 15.4. The molecule has 0 radical (unpaired) electrons. The lowest BCUT2D eigenvalue weighted by atomic mass is 10.2. The fourth-order valence-corrected chi connectivity index (χ4v) is 2.34. The van der Waals surface area contributed by atoms with Crippen molar-refractivity contribution in [3.8, 4) is 17.7 Å². The highest BCUT2D eigenvalue weighted by molar-refractivity contribution is 14.1. The monoisotopic (exact) mass is 397 g/mol. The third kappa shape index (κ3) is 3.26. The molecule has 7 nitrogen and oxygen atoms in total. The van der Waals surface area contributed by atoms with Crippen LogP contribution in [0.15, 0.2) is 30.5 Å². The molecule has 0 atom stereocenters. The Labute approximate surface area is 133 Å². The van der Waals surface area contributed by atoms with Crippen molar-refractivity contribution < 1.29 is 14.8 Å². The van der Waals surface area contributed by atoms with Gasteiger partial charge in [-0.3, -0.25) is 10.1 Å². The summed E-state index contributed by atoms with van der Waals surface area (Å²) in [6.07, 6.45) is 1.46. The molecule has 0 aliphatic rings. The molecule has 0 bridgehead atoms. The van der Waals surface area contributed by atoms with Crippen molar-refractivity contribution in [3.63, 3.8) is 0 Å². The second kappa shape index (κ2) is 6.47. The van der Waals surface area contributed by atoms with Crippen LogP contribution in [0, 0.1) is 25.0 Å². The number of aromatic nitrogens is 1. The Bertz CT molecular complexity index is 743. The van der Waals surface area contributed by atoms with E-state index in [1.165, 1.54) is 12.3 Å². The van der Waals surface area contributed by atoms with E-state index in [4.69, 9.17) is 10.00 Å². The molecular formula is C13H8IN3O4. The molecular weight excluding hydrogens is 389 g/mol. The lowest BCUT2D eigenvalue weighted by molar-refractivity contribution is -0.385. The number of nitrogens with zero attached hydrogens (tertiary/aromatic N) is 3. The molecule has 0 saturated heterocycles. The molecule has 0 aliphatic carbocycles. The first-order chi connectivity index (χ1) is 10.1. The molecule has 2 rings (SSSR count). The van der Waals surface area contributed by atoms with Gasteiger partial charge in [-0.2, -0.15) is 5.26 Å². The number of benzene rings is 1. The predicted octanol–water partition coefficient (Wildman–Crippen LogP) is 2.75. The Morgan fingerprint density at radius 2 is 2.29 bits per heavy atom. The van der Waals surface area contributed by atoms with E-state index in [-0.39, 0.29) is 29.5 Å². The van der Waals surface area contributed by atoms with Gasteiger partial charge in [-0.05, 0) is 40.8 Å². The minimum Gasteiger partial charge on any atom is -0.430 e. The minimum absolute atomic E-state index is 0.00648. The number of halogens is 1. The summed E-state index contributed by atoms with van der Waals surface area (Å²) in [6.45, 7) is -0.302. The van der Waals surface area contributed by atoms with Crippen molar-refractivity contribution >= 4 is 28.3 Å². The molecule has 2 aromatic rings. The van der Waals surface area contributed by atoms with Gasteiger partial charge in [-0.15, -0.1) is 0 Å². The number of ether oxygens (including phenoxy) is 1. The van der Waals surface area contributed by atoms with Crippen molar-refractivity contribution in [3.05, 3.63) is 55.3 Å². The zero-order valence-electron chi connectivity index (χ0n) is 10.5. The van der Waals surface area contributed by atoms with Gasteiger partial charge in [0.15, 0.2) is 0 Å². The van der Waals surface area contributed by atoms with Crippen LogP contribution < -0.4 is 4.74 Å². The molecule has 1 aromatic heterocycles. The van der Waals surface area contributed by atoms with E-state index in [0.717, 1.165) is 6.07 Å². The molecule has 1 N–H and O–H groups in total. The number of hydrogen-bond acceptors (Lipinski definition) is 6. The summed E-state index contributed by atoms with van der Waals surface area (Å²) in [5, 5.41) is 29.2. The average molecular weight is 397 g/mol. The summed E-state index contributed by atoms with van der Waals surface area (Å²) in [5.41, 5.74) is 0.252. The Balaban J connectivity index is 2.54. The third-order valence-electron chi connectivity index (χ3n) is 2.57. The highest BCUT2D eigenvalue weighted by atomic mass is 127. The summed E-state index contributed by atoms with van der Waals surface area (Å²) >= 11 is 1.85. The number of nitro groups is 1. The first kappa shape index (κ1) is 15.1. The van der Waals surface area contributed by atoms with E-state index in [9.17, 15) is 15.2 Å². The second-order valence-electron chi connectivity index (χ2n) is 3.90. The summed E-state index contributed by atoms with van der Waals surface area (Å²) in [4.78, 5) is 14.5. The van der Waals surface area contributed by atoms with Crippen LogP contribution in [0.25, 0.3) is 0 Å². The first-order valence-corrected chi connectivity index (χ1v) is 6.75. The molecule has 0 amide bonds. The van der Waals surface area contributed by atoms with Crippen LogP contribution in [0.3, 0.4) is 0 Å².